The normalized spacial score (nSPS) is 10.8. The van der Waals surface area contributed by atoms with Crippen LogP contribution in [0.3, 0.4) is 0 Å². The number of hydrogen-bond donors (Lipinski definition) is 1. The smallest absolute Gasteiger partial charge is 0.313 e. The van der Waals surface area contributed by atoms with Crippen molar-refractivity contribution in [3.05, 3.63) is 33.0 Å². The molecule has 0 radical (unpaired) electrons. The van der Waals surface area contributed by atoms with Crippen LogP contribution in [-0.2, 0) is 11.2 Å². The van der Waals surface area contributed by atoms with Crippen LogP contribution in [0, 0.1) is 0 Å². The Hall–Kier alpha value is -0.860. The van der Waals surface area contributed by atoms with Crippen LogP contribution in [0.1, 0.15) is 12.7 Å². The van der Waals surface area contributed by atoms with Crippen molar-refractivity contribution in [1.29, 1.82) is 0 Å². The number of aliphatic carboxylic acids is 1. The van der Waals surface area contributed by atoms with E-state index in [1.165, 1.54) is 0 Å². The van der Waals surface area contributed by atoms with Crippen molar-refractivity contribution in [2.24, 2.45) is 0 Å². The Morgan fingerprint density at radius 1 is 1.35 bits per heavy atom. The first-order valence-electron chi connectivity index (χ1n) is 5.77. The monoisotopic (exact) mass is 419 g/mol. The zero-order chi connectivity index (χ0) is 14.7. The predicted molar refractivity (Wildman–Crippen MR) is 84.5 cm³/mol. The standard InChI is InChI=1S/C12H11Br2N3O2S/c1-2-9-15-16-12(20-6-10(18)19)17(9)11-7(13)4-3-5-8(11)14/h3-5H,2,6H2,1H3,(H,18,19). The average molecular weight is 421 g/mol. The second kappa shape index (κ2) is 6.73. The molecular formula is C12H11Br2N3O2S. The number of thioether (sulfide) groups is 1. The van der Waals surface area contributed by atoms with Crippen molar-refractivity contribution >= 4 is 49.6 Å². The minimum atomic E-state index is -0.881. The molecule has 5 nitrogen and oxygen atoms in total. The fraction of sp³-hybridized carbons (Fsp3) is 0.250. The van der Waals surface area contributed by atoms with Crippen LogP contribution in [0.25, 0.3) is 5.69 Å². The topological polar surface area (TPSA) is 68.0 Å². The van der Waals surface area contributed by atoms with Crippen LogP contribution >= 0.6 is 43.6 Å². The van der Waals surface area contributed by atoms with E-state index in [0.29, 0.717) is 11.6 Å². The third-order valence-electron chi connectivity index (χ3n) is 2.50. The minimum absolute atomic E-state index is 0.0517. The van der Waals surface area contributed by atoms with Gasteiger partial charge in [-0.1, -0.05) is 24.8 Å². The summed E-state index contributed by atoms with van der Waals surface area (Å²) in [7, 11) is 0. The zero-order valence-corrected chi connectivity index (χ0v) is 14.5. The molecule has 0 amide bonds. The largest absolute Gasteiger partial charge is 0.481 e. The molecule has 2 rings (SSSR count). The van der Waals surface area contributed by atoms with Crippen molar-refractivity contribution in [2.75, 3.05) is 5.75 Å². The van der Waals surface area contributed by atoms with Crippen molar-refractivity contribution < 1.29 is 9.90 Å². The first kappa shape index (κ1) is 15.5. The molecule has 1 aromatic carbocycles. The first-order chi connectivity index (χ1) is 9.54. The molecule has 106 valence electrons. The van der Waals surface area contributed by atoms with Crippen molar-refractivity contribution in [3.63, 3.8) is 0 Å². The molecule has 8 heteroatoms. The van der Waals surface area contributed by atoms with Crippen LogP contribution < -0.4 is 0 Å². The molecule has 0 aliphatic carbocycles. The summed E-state index contributed by atoms with van der Waals surface area (Å²) in [6.45, 7) is 1.98. The van der Waals surface area contributed by atoms with E-state index < -0.39 is 5.97 Å². The molecule has 0 fully saturated rings. The summed E-state index contributed by atoms with van der Waals surface area (Å²) in [6, 6.07) is 5.76. The van der Waals surface area contributed by atoms with Crippen molar-refractivity contribution in [2.45, 2.75) is 18.5 Å². The molecule has 20 heavy (non-hydrogen) atoms. The van der Waals surface area contributed by atoms with E-state index in [9.17, 15) is 4.79 Å². The van der Waals surface area contributed by atoms with Crippen molar-refractivity contribution in [3.8, 4) is 5.69 Å². The lowest BCUT2D eigenvalue weighted by Crippen LogP contribution is -2.05. The van der Waals surface area contributed by atoms with Gasteiger partial charge in [-0.3, -0.25) is 9.36 Å². The third-order valence-corrected chi connectivity index (χ3v) is 4.70. The van der Waals surface area contributed by atoms with Crippen molar-refractivity contribution in [1.82, 2.24) is 14.8 Å². The molecule has 1 heterocycles. The van der Waals surface area contributed by atoms with Gasteiger partial charge in [0.05, 0.1) is 11.4 Å². The SMILES string of the molecule is CCc1nnc(SCC(=O)O)n1-c1c(Br)cccc1Br. The third kappa shape index (κ3) is 3.24. The summed E-state index contributed by atoms with van der Waals surface area (Å²) in [5.74, 6) is -0.150. The van der Waals surface area contributed by atoms with Gasteiger partial charge in [-0.25, -0.2) is 0 Å². The highest BCUT2D eigenvalue weighted by Gasteiger charge is 2.18. The maximum atomic E-state index is 10.7. The van der Waals surface area contributed by atoms with E-state index in [1.807, 2.05) is 29.7 Å². The van der Waals surface area contributed by atoms with Gasteiger partial charge in [-0.05, 0) is 44.0 Å². The lowest BCUT2D eigenvalue weighted by Gasteiger charge is -2.12. The molecule has 1 aromatic heterocycles. The van der Waals surface area contributed by atoms with Crippen LogP contribution in [0.5, 0.6) is 0 Å². The number of carboxylic acids is 1. The van der Waals surface area contributed by atoms with E-state index in [0.717, 1.165) is 32.2 Å². The van der Waals surface area contributed by atoms with Gasteiger partial charge in [0.2, 0.25) is 0 Å². The van der Waals surface area contributed by atoms with Crippen LogP contribution in [0.15, 0.2) is 32.3 Å². The predicted octanol–water partition coefficient (Wildman–Crippen LogP) is 3.53. The zero-order valence-electron chi connectivity index (χ0n) is 10.5. The van der Waals surface area contributed by atoms with Gasteiger partial charge in [0.25, 0.3) is 0 Å². The fourth-order valence-electron chi connectivity index (χ4n) is 1.68. The molecule has 2 aromatic rings. The number of aryl methyl sites for hydroxylation is 1. The van der Waals surface area contributed by atoms with E-state index in [1.54, 1.807) is 0 Å². The number of para-hydroxylation sites is 1. The summed E-state index contributed by atoms with van der Waals surface area (Å²) in [5, 5.41) is 17.6. The van der Waals surface area contributed by atoms with Gasteiger partial charge < -0.3 is 5.11 Å². The average Bonchev–Trinajstić information content (AvgIpc) is 2.79. The molecule has 0 bridgehead atoms. The molecule has 0 atom stereocenters. The molecular weight excluding hydrogens is 410 g/mol. The Morgan fingerprint density at radius 3 is 2.55 bits per heavy atom. The summed E-state index contributed by atoms with van der Waals surface area (Å²) in [6.07, 6.45) is 0.703. The molecule has 0 saturated heterocycles. The van der Waals surface area contributed by atoms with Crippen LogP contribution in [0.2, 0.25) is 0 Å². The van der Waals surface area contributed by atoms with E-state index in [4.69, 9.17) is 5.11 Å². The Kier molecular flexibility index (Phi) is 5.22. The highest BCUT2D eigenvalue weighted by atomic mass is 79.9. The molecule has 0 spiro atoms. The Morgan fingerprint density at radius 2 is 2.00 bits per heavy atom. The summed E-state index contributed by atoms with van der Waals surface area (Å²) >= 11 is 8.18. The van der Waals surface area contributed by atoms with Gasteiger partial charge in [0.15, 0.2) is 5.16 Å². The highest BCUT2D eigenvalue weighted by molar-refractivity contribution is 9.11. The lowest BCUT2D eigenvalue weighted by atomic mass is 10.3. The number of carbonyl (C=O) groups is 1. The number of rotatable bonds is 5. The van der Waals surface area contributed by atoms with Crippen LogP contribution in [0.4, 0.5) is 0 Å². The molecule has 0 unspecified atom stereocenters. The fourth-order valence-corrected chi connectivity index (χ4v) is 3.71. The number of halogens is 2. The Labute approximate surface area is 137 Å². The van der Waals surface area contributed by atoms with Gasteiger partial charge in [-0.2, -0.15) is 0 Å². The number of nitrogens with zero attached hydrogens (tertiary/aromatic N) is 3. The lowest BCUT2D eigenvalue weighted by molar-refractivity contribution is -0.133. The number of carboxylic acid groups (broad SMARTS) is 1. The van der Waals surface area contributed by atoms with Gasteiger partial charge in [-0.15, -0.1) is 10.2 Å². The van der Waals surface area contributed by atoms with E-state index in [-0.39, 0.29) is 5.75 Å². The first-order valence-corrected chi connectivity index (χ1v) is 8.35. The molecule has 0 aliphatic heterocycles. The maximum absolute atomic E-state index is 10.7. The van der Waals surface area contributed by atoms with E-state index in [2.05, 4.69) is 42.1 Å². The van der Waals surface area contributed by atoms with Gasteiger partial charge in [0.1, 0.15) is 5.82 Å². The van der Waals surface area contributed by atoms with Gasteiger partial charge >= 0.3 is 5.97 Å². The Bertz CT molecular complexity index is 625. The highest BCUT2D eigenvalue weighted by Crippen LogP contribution is 2.33. The van der Waals surface area contributed by atoms with Crippen LogP contribution in [-0.4, -0.2) is 31.6 Å². The minimum Gasteiger partial charge on any atom is -0.481 e. The molecule has 0 saturated carbocycles. The second-order valence-electron chi connectivity index (χ2n) is 3.84. The maximum Gasteiger partial charge on any atom is 0.313 e. The van der Waals surface area contributed by atoms with E-state index >= 15 is 0 Å². The number of benzene rings is 1. The molecule has 1 N–H and O–H groups in total. The summed E-state index contributed by atoms with van der Waals surface area (Å²) < 4.78 is 3.65. The summed E-state index contributed by atoms with van der Waals surface area (Å²) in [4.78, 5) is 10.7. The second-order valence-corrected chi connectivity index (χ2v) is 6.49. The number of aromatic nitrogens is 3. The van der Waals surface area contributed by atoms with Gasteiger partial charge in [0, 0.05) is 15.4 Å². The quantitative estimate of drug-likeness (QED) is 0.749. The molecule has 0 aliphatic rings. The summed E-state index contributed by atoms with van der Waals surface area (Å²) in [5.41, 5.74) is 0.877. The number of hydrogen-bond acceptors (Lipinski definition) is 4. The Balaban J connectivity index is 2.53.